The Morgan fingerprint density at radius 1 is 1.15 bits per heavy atom. The van der Waals surface area contributed by atoms with Crippen LogP contribution in [-0.2, 0) is 4.74 Å². The van der Waals surface area contributed by atoms with E-state index in [1.807, 2.05) is 63.2 Å². The van der Waals surface area contributed by atoms with E-state index < -0.39 is 0 Å². The molecule has 3 aromatic rings. The predicted molar refractivity (Wildman–Crippen MR) is 131 cm³/mol. The fourth-order valence-corrected chi connectivity index (χ4v) is 3.26. The standard InChI is InChI=1S/C26H27N5O3/c1-17-7-9-21(10-8-17)30-26-29-16-22(24(32)28-12-13-33-4)25(31-26)34-23-18(2)14-20(6-5-11-27)15-19(23)3/h5-10,14-16H,12-13H2,1-4H3,(H,28,32)(H,29,30,31)/b6-5+. The predicted octanol–water partition coefficient (Wildman–Crippen LogP) is 4.85. The quantitative estimate of drug-likeness (QED) is 0.349. The molecule has 2 aromatic carbocycles. The summed E-state index contributed by atoms with van der Waals surface area (Å²) < 4.78 is 11.2. The molecule has 1 heterocycles. The minimum Gasteiger partial charge on any atom is -0.437 e. The first-order chi connectivity index (χ1) is 16.4. The number of methoxy groups -OCH3 is 1. The maximum atomic E-state index is 12.8. The SMILES string of the molecule is COCCNC(=O)c1cnc(Nc2ccc(C)cc2)nc1Oc1c(C)cc(/C=C/C#N)cc1C. The summed E-state index contributed by atoms with van der Waals surface area (Å²) in [6, 6.07) is 13.6. The lowest BCUT2D eigenvalue weighted by atomic mass is 10.1. The molecular weight excluding hydrogens is 430 g/mol. The molecule has 0 saturated carbocycles. The lowest BCUT2D eigenvalue weighted by Crippen LogP contribution is -2.27. The second-order valence-corrected chi connectivity index (χ2v) is 7.70. The molecule has 174 valence electrons. The van der Waals surface area contributed by atoms with E-state index in [2.05, 4.69) is 20.6 Å². The van der Waals surface area contributed by atoms with Crippen LogP contribution in [0.2, 0.25) is 0 Å². The molecule has 34 heavy (non-hydrogen) atoms. The molecule has 0 atom stereocenters. The number of aryl methyl sites for hydroxylation is 3. The molecule has 0 unspecified atom stereocenters. The average Bonchev–Trinajstić information content (AvgIpc) is 2.82. The van der Waals surface area contributed by atoms with Crippen molar-refractivity contribution in [3.05, 3.63) is 76.5 Å². The van der Waals surface area contributed by atoms with E-state index in [0.717, 1.165) is 27.9 Å². The number of carbonyl (C=O) groups excluding carboxylic acids is 1. The highest BCUT2D eigenvalue weighted by Gasteiger charge is 2.19. The highest BCUT2D eigenvalue weighted by molar-refractivity contribution is 5.96. The van der Waals surface area contributed by atoms with E-state index in [-0.39, 0.29) is 17.4 Å². The van der Waals surface area contributed by atoms with Crippen molar-refractivity contribution in [2.45, 2.75) is 20.8 Å². The third kappa shape index (κ3) is 6.40. The molecule has 0 aliphatic heterocycles. The fourth-order valence-electron chi connectivity index (χ4n) is 3.26. The molecule has 8 nitrogen and oxygen atoms in total. The monoisotopic (exact) mass is 457 g/mol. The minimum absolute atomic E-state index is 0.131. The first kappa shape index (κ1) is 24.4. The highest BCUT2D eigenvalue weighted by atomic mass is 16.5. The summed E-state index contributed by atoms with van der Waals surface area (Å²) in [5.41, 5.74) is 4.72. The number of hydrogen-bond acceptors (Lipinski definition) is 7. The summed E-state index contributed by atoms with van der Waals surface area (Å²) in [6.07, 6.45) is 4.59. The van der Waals surface area contributed by atoms with Gasteiger partial charge in [-0.25, -0.2) is 4.98 Å². The normalized spacial score (nSPS) is 10.7. The maximum absolute atomic E-state index is 12.8. The maximum Gasteiger partial charge on any atom is 0.258 e. The van der Waals surface area contributed by atoms with Crippen molar-refractivity contribution in [3.63, 3.8) is 0 Å². The van der Waals surface area contributed by atoms with Gasteiger partial charge in [0.15, 0.2) is 0 Å². The number of nitrogens with zero attached hydrogens (tertiary/aromatic N) is 3. The van der Waals surface area contributed by atoms with Crippen molar-refractivity contribution < 1.29 is 14.3 Å². The van der Waals surface area contributed by atoms with Crippen molar-refractivity contribution in [3.8, 4) is 17.7 Å². The zero-order valence-corrected chi connectivity index (χ0v) is 19.7. The number of rotatable bonds is 9. The molecule has 8 heteroatoms. The Morgan fingerprint density at radius 3 is 2.50 bits per heavy atom. The zero-order chi connectivity index (χ0) is 24.5. The molecule has 0 saturated heterocycles. The molecular formula is C26H27N5O3. The van der Waals surface area contributed by atoms with Crippen LogP contribution in [0.25, 0.3) is 6.08 Å². The number of anilines is 2. The first-order valence-electron chi connectivity index (χ1n) is 10.7. The number of allylic oxidation sites excluding steroid dienone is 1. The Labute approximate surface area is 199 Å². The van der Waals surface area contributed by atoms with Gasteiger partial charge in [-0.3, -0.25) is 4.79 Å². The van der Waals surface area contributed by atoms with Crippen LogP contribution in [0.1, 0.15) is 32.6 Å². The van der Waals surface area contributed by atoms with Crippen LogP contribution >= 0.6 is 0 Å². The Hall–Kier alpha value is -4.22. The fraction of sp³-hybridized carbons (Fsp3) is 0.231. The van der Waals surface area contributed by atoms with Gasteiger partial charge in [0, 0.05) is 31.6 Å². The molecule has 1 aromatic heterocycles. The lowest BCUT2D eigenvalue weighted by molar-refractivity contribution is 0.0933. The van der Waals surface area contributed by atoms with Gasteiger partial charge < -0.3 is 20.1 Å². The van der Waals surface area contributed by atoms with Gasteiger partial charge >= 0.3 is 0 Å². The van der Waals surface area contributed by atoms with Gasteiger partial charge in [-0.15, -0.1) is 0 Å². The number of nitriles is 1. The molecule has 0 radical (unpaired) electrons. The van der Waals surface area contributed by atoms with Gasteiger partial charge in [-0.2, -0.15) is 10.2 Å². The second kappa shape index (κ2) is 11.6. The van der Waals surface area contributed by atoms with Crippen LogP contribution < -0.4 is 15.4 Å². The molecule has 3 rings (SSSR count). The molecule has 2 N–H and O–H groups in total. The van der Waals surface area contributed by atoms with E-state index in [0.29, 0.717) is 24.8 Å². The number of carbonyl (C=O) groups is 1. The summed E-state index contributed by atoms with van der Waals surface area (Å²) >= 11 is 0. The van der Waals surface area contributed by atoms with E-state index >= 15 is 0 Å². The molecule has 0 aliphatic rings. The third-order valence-corrected chi connectivity index (χ3v) is 4.93. The van der Waals surface area contributed by atoms with Crippen LogP contribution in [-0.4, -0.2) is 36.1 Å². The minimum atomic E-state index is -0.363. The summed E-state index contributed by atoms with van der Waals surface area (Å²) in [4.78, 5) is 21.6. The van der Waals surface area contributed by atoms with Crippen LogP contribution in [0.5, 0.6) is 11.6 Å². The van der Waals surface area contributed by atoms with Gasteiger partial charge in [0.05, 0.1) is 12.7 Å². The van der Waals surface area contributed by atoms with Crippen LogP contribution in [0.15, 0.2) is 48.7 Å². The van der Waals surface area contributed by atoms with Crippen molar-refractivity contribution in [1.29, 1.82) is 5.26 Å². The average molecular weight is 458 g/mol. The number of benzene rings is 2. The third-order valence-electron chi connectivity index (χ3n) is 4.93. The highest BCUT2D eigenvalue weighted by Crippen LogP contribution is 2.32. The topological polar surface area (TPSA) is 109 Å². The molecule has 0 spiro atoms. The second-order valence-electron chi connectivity index (χ2n) is 7.70. The van der Waals surface area contributed by atoms with Gasteiger partial charge in [-0.05, 0) is 67.8 Å². The summed E-state index contributed by atoms with van der Waals surface area (Å²) in [5, 5.41) is 14.7. The van der Waals surface area contributed by atoms with Crippen molar-refractivity contribution in [2.24, 2.45) is 0 Å². The van der Waals surface area contributed by atoms with Gasteiger partial charge in [0.2, 0.25) is 11.8 Å². The molecule has 0 bridgehead atoms. The van der Waals surface area contributed by atoms with E-state index in [1.165, 1.54) is 12.3 Å². The zero-order valence-electron chi connectivity index (χ0n) is 19.7. The Kier molecular flexibility index (Phi) is 8.32. The molecule has 0 aliphatic carbocycles. The van der Waals surface area contributed by atoms with Crippen molar-refractivity contribution >= 4 is 23.6 Å². The lowest BCUT2D eigenvalue weighted by Gasteiger charge is -2.16. The number of ether oxygens (including phenoxy) is 2. The summed E-state index contributed by atoms with van der Waals surface area (Å²) in [6.45, 7) is 6.53. The Morgan fingerprint density at radius 2 is 1.85 bits per heavy atom. The number of hydrogen-bond donors (Lipinski definition) is 2. The van der Waals surface area contributed by atoms with Crippen LogP contribution in [0.4, 0.5) is 11.6 Å². The largest absolute Gasteiger partial charge is 0.437 e. The van der Waals surface area contributed by atoms with Crippen LogP contribution in [0, 0.1) is 32.1 Å². The number of aromatic nitrogens is 2. The van der Waals surface area contributed by atoms with Crippen molar-refractivity contribution in [1.82, 2.24) is 15.3 Å². The summed E-state index contributed by atoms with van der Waals surface area (Å²) in [7, 11) is 1.57. The Bertz CT molecular complexity index is 1210. The van der Waals surface area contributed by atoms with E-state index in [9.17, 15) is 4.79 Å². The van der Waals surface area contributed by atoms with Gasteiger partial charge in [-0.1, -0.05) is 17.7 Å². The molecule has 0 fully saturated rings. The smallest absolute Gasteiger partial charge is 0.258 e. The molecule has 1 amide bonds. The van der Waals surface area contributed by atoms with Gasteiger partial charge in [0.1, 0.15) is 11.3 Å². The van der Waals surface area contributed by atoms with Crippen molar-refractivity contribution in [2.75, 3.05) is 25.6 Å². The number of nitrogens with one attached hydrogen (secondary N) is 2. The number of amides is 1. The van der Waals surface area contributed by atoms with Crippen LogP contribution in [0.3, 0.4) is 0 Å². The van der Waals surface area contributed by atoms with E-state index in [1.54, 1.807) is 13.2 Å². The van der Waals surface area contributed by atoms with E-state index in [4.69, 9.17) is 14.7 Å². The summed E-state index contributed by atoms with van der Waals surface area (Å²) in [5.74, 6) is 0.653. The van der Waals surface area contributed by atoms with Gasteiger partial charge in [0.25, 0.3) is 5.91 Å². The first-order valence-corrected chi connectivity index (χ1v) is 10.7. The Balaban J connectivity index is 1.96.